The molecule has 0 bridgehead atoms. The van der Waals surface area contributed by atoms with E-state index in [0.717, 1.165) is 5.56 Å². The van der Waals surface area contributed by atoms with Crippen molar-refractivity contribution in [3.05, 3.63) is 29.8 Å². The SMILES string of the molecule is CN(CCC(F)(F)F)C(=O)C1(c2ccc(N)cc2)CC1. The molecule has 0 radical (unpaired) electrons. The first kappa shape index (κ1) is 14.7. The van der Waals surface area contributed by atoms with Gasteiger partial charge in [-0.25, -0.2) is 0 Å². The summed E-state index contributed by atoms with van der Waals surface area (Å²) in [5.74, 6) is -0.244. The fraction of sp³-hybridized carbons (Fsp3) is 0.500. The molecule has 0 aliphatic heterocycles. The molecular weight excluding hydrogens is 269 g/mol. The number of hydrogen-bond acceptors (Lipinski definition) is 2. The van der Waals surface area contributed by atoms with Crippen LogP contribution in [0.1, 0.15) is 24.8 Å². The standard InChI is InChI=1S/C14H17F3N2O/c1-19(9-8-14(15,16)17)12(20)13(6-7-13)10-2-4-11(18)5-3-10/h2-5H,6-9,18H2,1H3. The van der Waals surface area contributed by atoms with Crippen LogP contribution in [-0.4, -0.2) is 30.6 Å². The molecule has 0 spiro atoms. The Morgan fingerprint density at radius 1 is 1.30 bits per heavy atom. The van der Waals surface area contributed by atoms with Crippen molar-refractivity contribution in [2.45, 2.75) is 30.9 Å². The topological polar surface area (TPSA) is 46.3 Å². The van der Waals surface area contributed by atoms with Gasteiger partial charge in [0.1, 0.15) is 0 Å². The largest absolute Gasteiger partial charge is 0.399 e. The van der Waals surface area contributed by atoms with E-state index in [1.165, 1.54) is 11.9 Å². The highest BCUT2D eigenvalue weighted by Crippen LogP contribution is 2.49. The number of carbonyl (C=O) groups is 1. The van der Waals surface area contributed by atoms with E-state index < -0.39 is 18.0 Å². The Hall–Kier alpha value is -1.72. The lowest BCUT2D eigenvalue weighted by Gasteiger charge is -2.24. The molecule has 2 rings (SSSR count). The highest BCUT2D eigenvalue weighted by Gasteiger charge is 2.52. The predicted octanol–water partition coefficient (Wildman–Crippen LogP) is 2.71. The van der Waals surface area contributed by atoms with Crippen LogP contribution in [0.2, 0.25) is 0 Å². The summed E-state index contributed by atoms with van der Waals surface area (Å²) in [7, 11) is 1.42. The lowest BCUT2D eigenvalue weighted by molar-refractivity contribution is -0.145. The first-order chi connectivity index (χ1) is 9.24. The maximum Gasteiger partial charge on any atom is 0.390 e. The summed E-state index contributed by atoms with van der Waals surface area (Å²) < 4.78 is 36.6. The Morgan fingerprint density at radius 2 is 1.85 bits per heavy atom. The van der Waals surface area contributed by atoms with Crippen molar-refractivity contribution < 1.29 is 18.0 Å². The third kappa shape index (κ3) is 3.05. The molecule has 1 amide bonds. The number of hydrogen-bond donors (Lipinski definition) is 1. The maximum atomic E-state index is 12.4. The quantitative estimate of drug-likeness (QED) is 0.865. The van der Waals surface area contributed by atoms with Gasteiger partial charge in [0.05, 0.1) is 11.8 Å². The Morgan fingerprint density at radius 3 is 2.30 bits per heavy atom. The molecule has 1 aliphatic rings. The Labute approximate surface area is 115 Å². The normalized spacial score (nSPS) is 16.8. The molecule has 1 fully saturated rings. The molecule has 0 saturated heterocycles. The van der Waals surface area contributed by atoms with Crippen LogP contribution in [0.5, 0.6) is 0 Å². The molecule has 1 aliphatic carbocycles. The van der Waals surface area contributed by atoms with Gasteiger partial charge >= 0.3 is 6.18 Å². The molecule has 3 nitrogen and oxygen atoms in total. The number of halogens is 3. The number of anilines is 1. The van der Waals surface area contributed by atoms with Gasteiger partial charge in [0, 0.05) is 19.3 Å². The maximum absolute atomic E-state index is 12.4. The third-order valence-corrected chi connectivity index (χ3v) is 3.70. The van der Waals surface area contributed by atoms with Gasteiger partial charge in [0.25, 0.3) is 0 Å². The van der Waals surface area contributed by atoms with E-state index in [2.05, 4.69) is 0 Å². The summed E-state index contributed by atoms with van der Waals surface area (Å²) >= 11 is 0. The summed E-state index contributed by atoms with van der Waals surface area (Å²) in [5, 5.41) is 0. The van der Waals surface area contributed by atoms with Crippen molar-refractivity contribution in [1.82, 2.24) is 4.90 Å². The van der Waals surface area contributed by atoms with Crippen molar-refractivity contribution in [3.63, 3.8) is 0 Å². The zero-order chi connectivity index (χ0) is 15.0. The molecule has 1 saturated carbocycles. The van der Waals surface area contributed by atoms with Gasteiger partial charge in [0.15, 0.2) is 0 Å². The second-order valence-corrected chi connectivity index (χ2v) is 5.30. The summed E-state index contributed by atoms with van der Waals surface area (Å²) in [6, 6.07) is 6.96. The van der Waals surface area contributed by atoms with Crippen molar-refractivity contribution in [3.8, 4) is 0 Å². The molecule has 1 aromatic rings. The number of nitrogens with two attached hydrogens (primary N) is 1. The van der Waals surface area contributed by atoms with Crippen LogP contribution in [0.3, 0.4) is 0 Å². The lowest BCUT2D eigenvalue weighted by Crippen LogP contribution is -2.38. The molecule has 6 heteroatoms. The molecule has 20 heavy (non-hydrogen) atoms. The van der Waals surface area contributed by atoms with Crippen LogP contribution >= 0.6 is 0 Å². The zero-order valence-electron chi connectivity index (χ0n) is 11.2. The molecule has 0 aromatic heterocycles. The van der Waals surface area contributed by atoms with Crippen LogP contribution in [-0.2, 0) is 10.2 Å². The third-order valence-electron chi connectivity index (χ3n) is 3.70. The van der Waals surface area contributed by atoms with Gasteiger partial charge in [-0.2, -0.15) is 13.2 Å². The smallest absolute Gasteiger partial charge is 0.390 e. The molecule has 110 valence electrons. The molecule has 0 heterocycles. The number of rotatable bonds is 4. The summed E-state index contributed by atoms with van der Waals surface area (Å²) in [4.78, 5) is 13.5. The molecule has 2 N–H and O–H groups in total. The molecular formula is C14H17F3N2O. The van der Waals surface area contributed by atoms with Gasteiger partial charge in [-0.1, -0.05) is 12.1 Å². The minimum atomic E-state index is -4.24. The van der Waals surface area contributed by atoms with E-state index in [0.29, 0.717) is 18.5 Å². The average molecular weight is 286 g/mol. The van der Waals surface area contributed by atoms with E-state index in [4.69, 9.17) is 5.73 Å². The van der Waals surface area contributed by atoms with E-state index in [1.54, 1.807) is 24.3 Å². The van der Waals surface area contributed by atoms with Gasteiger partial charge in [-0.3, -0.25) is 4.79 Å². The fourth-order valence-corrected chi connectivity index (χ4v) is 2.31. The van der Waals surface area contributed by atoms with Crippen molar-refractivity contribution in [2.24, 2.45) is 0 Å². The summed E-state index contributed by atoms with van der Waals surface area (Å²) in [5.41, 5.74) is 6.39. The second-order valence-electron chi connectivity index (χ2n) is 5.30. The van der Waals surface area contributed by atoms with Crippen molar-refractivity contribution in [2.75, 3.05) is 19.3 Å². The van der Waals surface area contributed by atoms with E-state index in [-0.39, 0.29) is 12.5 Å². The van der Waals surface area contributed by atoms with Gasteiger partial charge < -0.3 is 10.6 Å². The van der Waals surface area contributed by atoms with Crippen molar-refractivity contribution in [1.29, 1.82) is 0 Å². The van der Waals surface area contributed by atoms with E-state index >= 15 is 0 Å². The molecule has 1 aromatic carbocycles. The Bertz CT molecular complexity index is 492. The minimum Gasteiger partial charge on any atom is -0.399 e. The monoisotopic (exact) mass is 286 g/mol. The van der Waals surface area contributed by atoms with Crippen LogP contribution < -0.4 is 5.73 Å². The van der Waals surface area contributed by atoms with Crippen LogP contribution in [0.25, 0.3) is 0 Å². The minimum absolute atomic E-state index is 0.244. The number of nitrogen functional groups attached to an aromatic ring is 1. The molecule has 0 unspecified atom stereocenters. The summed E-state index contributed by atoms with van der Waals surface area (Å²) in [6.07, 6.45) is -3.88. The number of amides is 1. The average Bonchev–Trinajstić information content (AvgIpc) is 3.16. The predicted molar refractivity (Wildman–Crippen MR) is 70.1 cm³/mol. The number of alkyl halides is 3. The molecule has 0 atom stereocenters. The highest BCUT2D eigenvalue weighted by atomic mass is 19.4. The lowest BCUT2D eigenvalue weighted by atomic mass is 9.94. The van der Waals surface area contributed by atoms with Crippen molar-refractivity contribution >= 4 is 11.6 Å². The zero-order valence-corrected chi connectivity index (χ0v) is 11.2. The fourth-order valence-electron chi connectivity index (χ4n) is 2.31. The Kier molecular flexibility index (Phi) is 3.67. The highest BCUT2D eigenvalue weighted by molar-refractivity contribution is 5.91. The number of likely N-dealkylation sites (N-methyl/N-ethyl adjacent to an activating group) is 1. The number of benzene rings is 1. The number of nitrogens with zero attached hydrogens (tertiary/aromatic N) is 1. The van der Waals surface area contributed by atoms with Gasteiger partial charge in [-0.05, 0) is 30.5 Å². The van der Waals surface area contributed by atoms with Crippen LogP contribution in [0.4, 0.5) is 18.9 Å². The number of carbonyl (C=O) groups excluding carboxylic acids is 1. The first-order valence-corrected chi connectivity index (χ1v) is 6.43. The van der Waals surface area contributed by atoms with Crippen LogP contribution in [0, 0.1) is 0 Å². The summed E-state index contributed by atoms with van der Waals surface area (Å²) in [6.45, 7) is -0.306. The van der Waals surface area contributed by atoms with E-state index in [1.807, 2.05) is 0 Å². The van der Waals surface area contributed by atoms with Crippen LogP contribution in [0.15, 0.2) is 24.3 Å². The second kappa shape index (κ2) is 5.00. The van der Waals surface area contributed by atoms with Gasteiger partial charge in [-0.15, -0.1) is 0 Å². The Balaban J connectivity index is 2.06. The first-order valence-electron chi connectivity index (χ1n) is 6.43. The van der Waals surface area contributed by atoms with E-state index in [9.17, 15) is 18.0 Å². The van der Waals surface area contributed by atoms with Gasteiger partial charge in [0.2, 0.25) is 5.91 Å².